The van der Waals surface area contributed by atoms with Gasteiger partial charge >= 0.3 is 0 Å². The van der Waals surface area contributed by atoms with Crippen molar-refractivity contribution in [2.45, 2.75) is 31.6 Å². The van der Waals surface area contributed by atoms with E-state index < -0.39 is 10.7 Å². The van der Waals surface area contributed by atoms with Crippen LogP contribution in [0.1, 0.15) is 53.1 Å². The average Bonchev–Trinajstić information content (AvgIpc) is 2.78. The van der Waals surface area contributed by atoms with Gasteiger partial charge in [-0.2, -0.15) is 0 Å². The molecule has 2 unspecified atom stereocenters. The third-order valence-corrected chi connectivity index (χ3v) is 7.21. The Labute approximate surface area is 187 Å². The number of rotatable bonds is 4. The van der Waals surface area contributed by atoms with E-state index in [1.807, 2.05) is 42.5 Å². The summed E-state index contributed by atoms with van der Waals surface area (Å²) in [5.74, 6) is -0.104. The number of halogens is 1. The minimum Gasteiger partial charge on any atom is -0.289 e. The topological polar surface area (TPSA) is 51.2 Å². The minimum atomic E-state index is -2.46. The van der Waals surface area contributed by atoms with Crippen LogP contribution in [0, 0.1) is 5.82 Å². The van der Waals surface area contributed by atoms with Crippen LogP contribution in [-0.2, 0) is 10.7 Å². The molecule has 0 fully saturated rings. The van der Waals surface area contributed by atoms with Crippen molar-refractivity contribution in [3.63, 3.8) is 0 Å². The zero-order valence-electron chi connectivity index (χ0n) is 17.7. The lowest BCUT2D eigenvalue weighted by Gasteiger charge is -2.29. The van der Waals surface area contributed by atoms with Gasteiger partial charge in [0.2, 0.25) is 0 Å². The van der Waals surface area contributed by atoms with E-state index in [4.69, 9.17) is 0 Å². The number of ketones is 1. The molecule has 5 rings (SSSR count). The first-order valence-corrected chi connectivity index (χ1v) is 12.2. The minimum absolute atomic E-state index is 0.0172. The van der Waals surface area contributed by atoms with Gasteiger partial charge in [0.05, 0.1) is 5.75 Å². The highest BCUT2D eigenvalue weighted by atomic mass is 32.2. The highest BCUT2D eigenvalue weighted by molar-refractivity contribution is 7.72. The predicted molar refractivity (Wildman–Crippen MR) is 125 cm³/mol. The molecule has 2 aromatic carbocycles. The third-order valence-electron chi connectivity index (χ3n) is 6.62. The summed E-state index contributed by atoms with van der Waals surface area (Å²) < 4.78 is 35.8. The molecule has 162 valence electrons. The normalized spacial score (nSPS) is 21.3. The number of carbonyl (C=O) groups is 1. The van der Waals surface area contributed by atoms with E-state index in [1.165, 1.54) is 12.1 Å². The van der Waals surface area contributed by atoms with Crippen LogP contribution in [0.4, 0.5) is 4.39 Å². The summed E-state index contributed by atoms with van der Waals surface area (Å²) in [6.45, 7) is 2.07. The molecule has 0 spiro atoms. The average molecular weight is 447 g/mol. The molecule has 0 heterocycles. The van der Waals surface area contributed by atoms with Crippen molar-refractivity contribution in [2.75, 3.05) is 5.75 Å². The maximum atomic E-state index is 13.5. The summed E-state index contributed by atoms with van der Waals surface area (Å²) >= 11 is 0. The van der Waals surface area contributed by atoms with Gasteiger partial charge in [-0.25, -0.2) is 12.8 Å². The lowest BCUT2D eigenvalue weighted by atomic mass is 9.74. The molecule has 32 heavy (non-hydrogen) atoms. The van der Waals surface area contributed by atoms with Gasteiger partial charge in [-0.1, -0.05) is 55.5 Å². The molecule has 3 aliphatic carbocycles. The molecule has 5 heteroatoms. The van der Waals surface area contributed by atoms with Crippen LogP contribution >= 0.6 is 0 Å². The molecule has 0 amide bonds. The fourth-order valence-corrected chi connectivity index (χ4v) is 5.58. The van der Waals surface area contributed by atoms with Gasteiger partial charge in [-0.3, -0.25) is 4.79 Å². The van der Waals surface area contributed by atoms with Crippen LogP contribution in [-0.4, -0.2) is 20.0 Å². The number of fused-ring (bicyclic) bond motifs is 4. The molecule has 0 aromatic heterocycles. The Balaban J connectivity index is 1.79. The number of benzene rings is 2. The Morgan fingerprint density at radius 3 is 2.53 bits per heavy atom. The lowest BCUT2D eigenvalue weighted by molar-refractivity contribution is 0.104. The van der Waals surface area contributed by atoms with E-state index in [0.717, 1.165) is 44.7 Å². The first kappa shape index (κ1) is 20.8. The van der Waals surface area contributed by atoms with Crippen molar-refractivity contribution >= 4 is 27.6 Å². The third kappa shape index (κ3) is 3.51. The fourth-order valence-electron chi connectivity index (χ4n) is 5.16. The van der Waals surface area contributed by atoms with Crippen molar-refractivity contribution in [1.29, 1.82) is 0 Å². The monoisotopic (exact) mass is 446 g/mol. The second kappa shape index (κ2) is 8.14. The Hall–Kier alpha value is -3.05. The standard InChI is InChI=1S/C27H23FO3S/c1-16-5-6-18(13-14-32(30)31)22-11-12-23-26-19(15-24(29)27(23)25(16)22)3-2-4-21(26)17-7-9-20(28)10-8-17/h2-3,5-12,15-16,21,32H,4,13-14H2,1H3. The van der Waals surface area contributed by atoms with E-state index in [1.54, 1.807) is 6.08 Å². The number of carbonyl (C=O) groups excluding carboxylic acids is 1. The van der Waals surface area contributed by atoms with Crippen molar-refractivity contribution in [1.82, 2.24) is 0 Å². The number of hydrogen-bond acceptors (Lipinski definition) is 3. The fraction of sp³-hybridized carbons (Fsp3) is 0.222. The molecule has 0 aliphatic heterocycles. The molecule has 2 atom stereocenters. The number of hydrogen-bond donors (Lipinski definition) is 1. The first-order valence-electron chi connectivity index (χ1n) is 10.8. The molecule has 0 bridgehead atoms. The Morgan fingerprint density at radius 1 is 1.03 bits per heavy atom. The van der Waals surface area contributed by atoms with Gasteiger partial charge in [0, 0.05) is 17.4 Å². The van der Waals surface area contributed by atoms with E-state index in [2.05, 4.69) is 13.0 Å². The van der Waals surface area contributed by atoms with Crippen molar-refractivity contribution in [3.05, 3.63) is 105 Å². The Kier molecular flexibility index (Phi) is 5.30. The zero-order chi connectivity index (χ0) is 22.4. The second-order valence-electron chi connectivity index (χ2n) is 8.55. The van der Waals surface area contributed by atoms with Crippen LogP contribution in [0.2, 0.25) is 0 Å². The van der Waals surface area contributed by atoms with Crippen LogP contribution in [0.3, 0.4) is 0 Å². The maximum Gasteiger partial charge on any atom is 0.187 e. The molecule has 0 saturated carbocycles. The van der Waals surface area contributed by atoms with E-state index in [-0.39, 0.29) is 29.2 Å². The summed E-state index contributed by atoms with van der Waals surface area (Å²) in [6.07, 6.45) is 11.0. The van der Waals surface area contributed by atoms with Gasteiger partial charge in [0.1, 0.15) is 16.5 Å². The molecule has 0 N–H and O–H groups in total. The number of allylic oxidation sites excluding steroid dienone is 6. The van der Waals surface area contributed by atoms with Gasteiger partial charge in [-0.05, 0) is 69.3 Å². The summed E-state index contributed by atoms with van der Waals surface area (Å²) in [7, 11) is -2.46. The van der Waals surface area contributed by atoms with Gasteiger partial charge in [-0.15, -0.1) is 0 Å². The Bertz CT molecular complexity index is 1410. The first-order chi connectivity index (χ1) is 15.4. The zero-order valence-corrected chi connectivity index (χ0v) is 18.6. The lowest BCUT2D eigenvalue weighted by Crippen LogP contribution is -2.33. The smallest absolute Gasteiger partial charge is 0.187 e. The number of thiol groups is 1. The van der Waals surface area contributed by atoms with Crippen LogP contribution in [0.5, 0.6) is 0 Å². The quantitative estimate of drug-likeness (QED) is 0.730. The summed E-state index contributed by atoms with van der Waals surface area (Å²) in [5.41, 5.74) is 5.67. The second-order valence-corrected chi connectivity index (χ2v) is 9.66. The SMILES string of the molecule is CC1C=CC(CC[SH](=O)=O)=c2ccc3c(c21)C(=O)C=C1C=CCC(c2ccc(F)cc2)C=31. The highest BCUT2D eigenvalue weighted by Gasteiger charge is 2.30. The maximum absolute atomic E-state index is 13.5. The largest absolute Gasteiger partial charge is 0.289 e. The summed E-state index contributed by atoms with van der Waals surface area (Å²) in [6, 6.07) is 10.6. The van der Waals surface area contributed by atoms with Gasteiger partial charge in [0.15, 0.2) is 5.78 Å². The summed E-state index contributed by atoms with van der Waals surface area (Å²) in [5, 5.41) is 1.90. The van der Waals surface area contributed by atoms with Crippen LogP contribution in [0.25, 0.3) is 11.1 Å². The highest BCUT2D eigenvalue weighted by Crippen LogP contribution is 2.40. The molecular formula is C27H23FO3S. The van der Waals surface area contributed by atoms with E-state index in [9.17, 15) is 17.6 Å². The molecule has 3 aliphatic rings. The van der Waals surface area contributed by atoms with Crippen molar-refractivity contribution < 1.29 is 17.6 Å². The predicted octanol–water partition coefficient (Wildman–Crippen LogP) is 3.67. The van der Waals surface area contributed by atoms with E-state index >= 15 is 0 Å². The van der Waals surface area contributed by atoms with Gasteiger partial charge in [0.25, 0.3) is 0 Å². The van der Waals surface area contributed by atoms with E-state index in [0.29, 0.717) is 12.0 Å². The molecule has 2 aromatic rings. The van der Waals surface area contributed by atoms with Crippen molar-refractivity contribution in [3.8, 4) is 0 Å². The van der Waals surface area contributed by atoms with Gasteiger partial charge < -0.3 is 0 Å². The molecule has 0 saturated heterocycles. The molecule has 3 nitrogen and oxygen atoms in total. The summed E-state index contributed by atoms with van der Waals surface area (Å²) in [4.78, 5) is 13.3. The van der Waals surface area contributed by atoms with Crippen molar-refractivity contribution in [2.24, 2.45) is 0 Å². The van der Waals surface area contributed by atoms with Crippen LogP contribution in [0.15, 0.2) is 72.4 Å². The van der Waals surface area contributed by atoms with Crippen LogP contribution < -0.4 is 10.4 Å². The molecule has 0 radical (unpaired) electrons. The Morgan fingerprint density at radius 2 is 1.78 bits per heavy atom. The molecular weight excluding hydrogens is 423 g/mol.